The van der Waals surface area contributed by atoms with Crippen molar-refractivity contribution in [2.45, 2.75) is 31.7 Å². The number of rotatable bonds is 7. The lowest BCUT2D eigenvalue weighted by atomic mass is 10.2. The minimum absolute atomic E-state index is 0.163. The minimum atomic E-state index is -0.322. The number of benzene rings is 1. The van der Waals surface area contributed by atoms with Gasteiger partial charge in [-0.05, 0) is 25.0 Å². The highest BCUT2D eigenvalue weighted by Crippen LogP contribution is 2.23. The molecule has 1 saturated carbocycles. The van der Waals surface area contributed by atoms with Crippen LogP contribution in [0.3, 0.4) is 0 Å². The molecule has 0 unspecified atom stereocenters. The summed E-state index contributed by atoms with van der Waals surface area (Å²) in [6.07, 6.45) is 4.92. The molecule has 1 aromatic carbocycles. The van der Waals surface area contributed by atoms with E-state index in [1.165, 1.54) is 31.7 Å². The molecule has 0 heterocycles. The van der Waals surface area contributed by atoms with Crippen LogP contribution < -0.4 is 4.74 Å². The summed E-state index contributed by atoms with van der Waals surface area (Å²) in [5.41, 5.74) is 0. The Morgan fingerprint density at radius 1 is 1.21 bits per heavy atom. The summed E-state index contributed by atoms with van der Waals surface area (Å²) in [5.74, 6) is -0.0186. The van der Waals surface area contributed by atoms with Crippen molar-refractivity contribution in [3.05, 3.63) is 30.1 Å². The lowest BCUT2D eigenvalue weighted by Gasteiger charge is -2.27. The third kappa shape index (κ3) is 4.18. The summed E-state index contributed by atoms with van der Waals surface area (Å²) in [6.45, 7) is 2.03. The number of ether oxygens (including phenoxy) is 1. The Hall–Kier alpha value is -1.13. The van der Waals surface area contributed by atoms with Gasteiger partial charge >= 0.3 is 0 Å². The van der Waals surface area contributed by atoms with E-state index in [9.17, 15) is 4.39 Å². The molecule has 2 rings (SSSR count). The van der Waals surface area contributed by atoms with Gasteiger partial charge < -0.3 is 9.84 Å². The van der Waals surface area contributed by atoms with Crippen LogP contribution in [0.15, 0.2) is 24.3 Å². The number of hydrogen-bond donors (Lipinski definition) is 1. The molecule has 1 aliphatic rings. The molecule has 0 atom stereocenters. The van der Waals surface area contributed by atoms with E-state index in [1.807, 2.05) is 0 Å². The number of aliphatic hydroxyl groups is 1. The van der Waals surface area contributed by atoms with E-state index in [4.69, 9.17) is 9.84 Å². The average molecular weight is 267 g/mol. The molecule has 3 nitrogen and oxygen atoms in total. The quantitative estimate of drug-likeness (QED) is 0.823. The zero-order valence-corrected chi connectivity index (χ0v) is 11.2. The normalized spacial score (nSPS) is 16.2. The number of nitrogens with zero attached hydrogens (tertiary/aromatic N) is 1. The smallest absolute Gasteiger partial charge is 0.165 e. The monoisotopic (exact) mass is 267 g/mol. The van der Waals surface area contributed by atoms with Gasteiger partial charge in [0.15, 0.2) is 11.6 Å². The molecule has 1 N–H and O–H groups in total. The van der Waals surface area contributed by atoms with E-state index in [-0.39, 0.29) is 12.4 Å². The summed E-state index contributed by atoms with van der Waals surface area (Å²) in [4.78, 5) is 2.26. The van der Waals surface area contributed by atoms with Crippen molar-refractivity contribution in [3.8, 4) is 5.75 Å². The van der Waals surface area contributed by atoms with Crippen molar-refractivity contribution in [1.82, 2.24) is 4.90 Å². The van der Waals surface area contributed by atoms with Gasteiger partial charge in [0.05, 0.1) is 6.61 Å². The van der Waals surface area contributed by atoms with Gasteiger partial charge in [0.1, 0.15) is 6.61 Å². The Kier molecular flexibility index (Phi) is 5.61. The van der Waals surface area contributed by atoms with Crippen LogP contribution in [0.2, 0.25) is 0 Å². The maximum Gasteiger partial charge on any atom is 0.165 e. The van der Waals surface area contributed by atoms with Crippen LogP contribution in [0.5, 0.6) is 5.75 Å². The molecule has 0 amide bonds. The maximum atomic E-state index is 13.4. The summed E-state index contributed by atoms with van der Waals surface area (Å²) in [6, 6.07) is 7.01. The second-order valence-electron chi connectivity index (χ2n) is 4.98. The van der Waals surface area contributed by atoms with Gasteiger partial charge in [-0.25, -0.2) is 4.39 Å². The molecule has 0 aromatic heterocycles. The first-order chi connectivity index (χ1) is 9.31. The number of aliphatic hydroxyl groups excluding tert-OH is 1. The fourth-order valence-electron chi connectivity index (χ4n) is 2.71. The van der Waals surface area contributed by atoms with E-state index in [1.54, 1.807) is 18.2 Å². The largest absolute Gasteiger partial charge is 0.489 e. The second kappa shape index (κ2) is 7.46. The van der Waals surface area contributed by atoms with E-state index >= 15 is 0 Å². The van der Waals surface area contributed by atoms with E-state index in [0.29, 0.717) is 24.9 Å². The lowest BCUT2D eigenvalue weighted by Crippen LogP contribution is -2.38. The first-order valence-electron chi connectivity index (χ1n) is 7.03. The summed E-state index contributed by atoms with van der Waals surface area (Å²) in [7, 11) is 0. The van der Waals surface area contributed by atoms with Crippen LogP contribution in [0, 0.1) is 5.82 Å². The van der Waals surface area contributed by atoms with E-state index in [0.717, 1.165) is 6.54 Å². The number of hydrogen-bond acceptors (Lipinski definition) is 3. The fourth-order valence-corrected chi connectivity index (χ4v) is 2.71. The van der Waals surface area contributed by atoms with Gasteiger partial charge in [-0.2, -0.15) is 0 Å². The van der Waals surface area contributed by atoms with Crippen LogP contribution in [0.1, 0.15) is 25.7 Å². The molecular formula is C15H22FNO2. The predicted octanol–water partition coefficient (Wildman–Crippen LogP) is 2.44. The lowest BCUT2D eigenvalue weighted by molar-refractivity contribution is 0.128. The Bertz CT molecular complexity index is 380. The molecule has 19 heavy (non-hydrogen) atoms. The van der Waals surface area contributed by atoms with Crippen LogP contribution in [0.25, 0.3) is 0 Å². The molecule has 0 radical (unpaired) electrons. The minimum Gasteiger partial charge on any atom is -0.489 e. The molecule has 4 heteroatoms. The van der Waals surface area contributed by atoms with Crippen molar-refractivity contribution < 1.29 is 14.2 Å². The summed E-state index contributed by atoms with van der Waals surface area (Å²) < 4.78 is 18.9. The predicted molar refractivity (Wildman–Crippen MR) is 72.8 cm³/mol. The third-order valence-electron chi connectivity index (χ3n) is 3.70. The zero-order valence-electron chi connectivity index (χ0n) is 11.2. The molecule has 106 valence electrons. The first kappa shape index (κ1) is 14.3. The Morgan fingerprint density at radius 2 is 1.95 bits per heavy atom. The fraction of sp³-hybridized carbons (Fsp3) is 0.600. The average Bonchev–Trinajstić information content (AvgIpc) is 2.94. The van der Waals surface area contributed by atoms with Gasteiger partial charge in [-0.3, -0.25) is 4.90 Å². The SMILES string of the molecule is OCCN(CCOc1ccccc1F)C1CCCC1. The van der Waals surface area contributed by atoms with Gasteiger partial charge in [-0.15, -0.1) is 0 Å². The highest BCUT2D eigenvalue weighted by molar-refractivity contribution is 5.23. The van der Waals surface area contributed by atoms with Crippen molar-refractivity contribution in [3.63, 3.8) is 0 Å². The molecule has 1 fully saturated rings. The highest BCUT2D eigenvalue weighted by atomic mass is 19.1. The van der Waals surface area contributed by atoms with Gasteiger partial charge in [-0.1, -0.05) is 25.0 Å². The Morgan fingerprint density at radius 3 is 2.63 bits per heavy atom. The highest BCUT2D eigenvalue weighted by Gasteiger charge is 2.21. The van der Waals surface area contributed by atoms with Crippen molar-refractivity contribution >= 4 is 0 Å². The van der Waals surface area contributed by atoms with Gasteiger partial charge in [0.25, 0.3) is 0 Å². The summed E-state index contributed by atoms with van der Waals surface area (Å²) >= 11 is 0. The Balaban J connectivity index is 1.80. The first-order valence-corrected chi connectivity index (χ1v) is 7.03. The molecule has 0 saturated heterocycles. The van der Waals surface area contributed by atoms with Gasteiger partial charge in [0.2, 0.25) is 0 Å². The Labute approximate surface area is 114 Å². The zero-order chi connectivity index (χ0) is 13.5. The molecule has 0 spiro atoms. The van der Waals surface area contributed by atoms with Gasteiger partial charge in [0, 0.05) is 19.1 Å². The standard InChI is InChI=1S/C15H22FNO2/c16-14-7-3-4-8-15(14)19-12-10-17(9-11-18)13-5-1-2-6-13/h3-4,7-8,13,18H,1-2,5-6,9-12H2. The van der Waals surface area contributed by atoms with E-state index in [2.05, 4.69) is 4.90 Å². The molecule has 1 aliphatic carbocycles. The maximum absolute atomic E-state index is 13.4. The molecule has 0 aliphatic heterocycles. The van der Waals surface area contributed by atoms with Crippen LogP contribution in [-0.2, 0) is 0 Å². The second-order valence-corrected chi connectivity index (χ2v) is 4.98. The van der Waals surface area contributed by atoms with Crippen molar-refractivity contribution in [1.29, 1.82) is 0 Å². The van der Waals surface area contributed by atoms with Crippen LogP contribution in [-0.4, -0.2) is 42.4 Å². The topological polar surface area (TPSA) is 32.7 Å². The number of halogens is 1. The van der Waals surface area contributed by atoms with Crippen molar-refractivity contribution in [2.75, 3.05) is 26.3 Å². The van der Waals surface area contributed by atoms with Crippen LogP contribution in [0.4, 0.5) is 4.39 Å². The summed E-state index contributed by atoms with van der Waals surface area (Å²) in [5, 5.41) is 9.12. The number of para-hydroxylation sites is 1. The molecule has 1 aromatic rings. The third-order valence-corrected chi connectivity index (χ3v) is 3.70. The van der Waals surface area contributed by atoms with Crippen molar-refractivity contribution in [2.24, 2.45) is 0 Å². The van der Waals surface area contributed by atoms with E-state index < -0.39 is 0 Å². The molecule has 0 bridgehead atoms. The van der Waals surface area contributed by atoms with Crippen LogP contribution >= 0.6 is 0 Å². The molecular weight excluding hydrogens is 245 g/mol.